The van der Waals surface area contributed by atoms with Crippen LogP contribution in [0.2, 0.25) is 0 Å². The second kappa shape index (κ2) is 3.98. The average Bonchev–Trinajstić information content (AvgIpc) is 2.92. The number of halogens is 1. The van der Waals surface area contributed by atoms with Crippen molar-refractivity contribution in [3.8, 4) is 0 Å². The second-order valence-corrected chi connectivity index (χ2v) is 6.43. The van der Waals surface area contributed by atoms with Gasteiger partial charge in [-0.05, 0) is 31.4 Å². The first-order chi connectivity index (χ1) is 8.54. The number of rotatable bonds is 1. The Morgan fingerprint density at radius 1 is 1.50 bits per heavy atom. The average molecular weight is 311 g/mol. The molecule has 0 spiro atoms. The van der Waals surface area contributed by atoms with Crippen LogP contribution in [0.1, 0.15) is 38.4 Å². The van der Waals surface area contributed by atoms with Gasteiger partial charge in [0.25, 0.3) is 0 Å². The lowest BCUT2D eigenvalue weighted by atomic mass is 9.68. The Balaban J connectivity index is 2.11. The molecule has 0 bridgehead atoms. The molecule has 2 aliphatic rings. The Morgan fingerprint density at radius 2 is 2.28 bits per heavy atom. The van der Waals surface area contributed by atoms with Crippen molar-refractivity contribution in [3.05, 3.63) is 35.3 Å². The summed E-state index contributed by atoms with van der Waals surface area (Å²) in [6.07, 6.45) is 5.04. The maximum absolute atomic E-state index is 12.1. The molecule has 3 rings (SSSR count). The number of furan rings is 1. The summed E-state index contributed by atoms with van der Waals surface area (Å²) in [6, 6.07) is 1.88. The van der Waals surface area contributed by atoms with Crippen molar-refractivity contribution >= 4 is 21.9 Å². The van der Waals surface area contributed by atoms with Gasteiger partial charge in [0.15, 0.2) is 0 Å². The van der Waals surface area contributed by atoms with Crippen LogP contribution in [0, 0.1) is 5.41 Å². The molecule has 1 aliphatic heterocycles. The zero-order valence-corrected chi connectivity index (χ0v) is 12.0. The van der Waals surface area contributed by atoms with Crippen molar-refractivity contribution < 1.29 is 13.9 Å². The largest absolute Gasteiger partial charge is 0.472 e. The standard InChI is InChI=1S/C14H15BrO3/c1-8-10(15)3-5-14(2)11(8)13(16)18-12(14)9-4-6-17-7-9/h4,6-7,10,12H,3,5H2,1-2H3. The van der Waals surface area contributed by atoms with E-state index in [1.165, 1.54) is 0 Å². The normalized spacial score (nSPS) is 35.6. The number of hydrogen-bond donors (Lipinski definition) is 0. The molecule has 1 saturated heterocycles. The molecule has 1 fully saturated rings. The van der Waals surface area contributed by atoms with Crippen LogP contribution in [0.4, 0.5) is 0 Å². The third-order valence-corrected chi connectivity index (χ3v) is 5.35. The number of ether oxygens (including phenoxy) is 1. The number of carbonyl (C=O) groups is 1. The topological polar surface area (TPSA) is 39.4 Å². The van der Waals surface area contributed by atoms with Crippen LogP contribution in [0.5, 0.6) is 0 Å². The summed E-state index contributed by atoms with van der Waals surface area (Å²) in [4.78, 5) is 12.4. The van der Waals surface area contributed by atoms with Crippen LogP contribution < -0.4 is 0 Å². The maximum atomic E-state index is 12.1. The van der Waals surface area contributed by atoms with Crippen molar-refractivity contribution in [2.75, 3.05) is 0 Å². The van der Waals surface area contributed by atoms with Crippen molar-refractivity contribution in [1.29, 1.82) is 0 Å². The summed E-state index contributed by atoms with van der Waals surface area (Å²) in [6.45, 7) is 4.14. The summed E-state index contributed by atoms with van der Waals surface area (Å²) in [5.41, 5.74) is 2.68. The highest BCUT2D eigenvalue weighted by Gasteiger charge is 2.53. The molecule has 4 heteroatoms. The Hall–Kier alpha value is -1.03. The number of allylic oxidation sites excluding steroid dienone is 1. The molecule has 3 atom stereocenters. The predicted octanol–water partition coefficient (Wildman–Crippen LogP) is 3.76. The van der Waals surface area contributed by atoms with Crippen LogP contribution in [-0.2, 0) is 9.53 Å². The lowest BCUT2D eigenvalue weighted by molar-refractivity contribution is -0.140. The molecular weight excluding hydrogens is 296 g/mol. The number of cyclic esters (lactones) is 1. The first kappa shape index (κ1) is 12.0. The second-order valence-electron chi connectivity index (χ2n) is 5.32. The fourth-order valence-electron chi connectivity index (χ4n) is 3.19. The molecule has 3 nitrogen and oxygen atoms in total. The van der Waals surface area contributed by atoms with E-state index in [2.05, 4.69) is 22.9 Å². The highest BCUT2D eigenvalue weighted by Crippen LogP contribution is 2.56. The minimum Gasteiger partial charge on any atom is -0.472 e. The van der Waals surface area contributed by atoms with Gasteiger partial charge in [0.1, 0.15) is 6.10 Å². The van der Waals surface area contributed by atoms with Crippen molar-refractivity contribution in [2.24, 2.45) is 5.41 Å². The molecule has 0 saturated carbocycles. The van der Waals surface area contributed by atoms with E-state index in [1.54, 1.807) is 12.5 Å². The van der Waals surface area contributed by atoms with E-state index >= 15 is 0 Å². The van der Waals surface area contributed by atoms with Gasteiger partial charge >= 0.3 is 5.97 Å². The molecule has 3 unspecified atom stereocenters. The van der Waals surface area contributed by atoms with Gasteiger partial charge in [0.2, 0.25) is 0 Å². The molecule has 1 aromatic rings. The van der Waals surface area contributed by atoms with Crippen LogP contribution in [0.3, 0.4) is 0 Å². The molecule has 0 radical (unpaired) electrons. The first-order valence-electron chi connectivity index (χ1n) is 6.12. The van der Waals surface area contributed by atoms with Crippen molar-refractivity contribution in [2.45, 2.75) is 37.6 Å². The zero-order valence-electron chi connectivity index (χ0n) is 10.4. The Morgan fingerprint density at radius 3 is 2.94 bits per heavy atom. The molecule has 0 amide bonds. The molecule has 0 aromatic carbocycles. The SMILES string of the molecule is CC1=C2C(=O)OC(c3ccoc3)C2(C)CCC1Br. The Labute approximate surface area is 114 Å². The summed E-state index contributed by atoms with van der Waals surface area (Å²) in [5.74, 6) is -0.176. The van der Waals surface area contributed by atoms with Gasteiger partial charge in [-0.15, -0.1) is 0 Å². The maximum Gasteiger partial charge on any atom is 0.335 e. The molecule has 1 aliphatic carbocycles. The molecule has 1 aromatic heterocycles. The van der Waals surface area contributed by atoms with Gasteiger partial charge in [-0.1, -0.05) is 22.9 Å². The van der Waals surface area contributed by atoms with E-state index < -0.39 is 0 Å². The smallest absolute Gasteiger partial charge is 0.335 e. The molecule has 0 N–H and O–H groups in total. The van der Waals surface area contributed by atoms with Gasteiger partial charge in [-0.3, -0.25) is 0 Å². The minimum atomic E-state index is -0.227. The van der Waals surface area contributed by atoms with E-state index in [-0.39, 0.29) is 22.3 Å². The van der Waals surface area contributed by atoms with E-state index in [1.807, 2.05) is 13.0 Å². The Kier molecular flexibility index (Phi) is 2.66. The van der Waals surface area contributed by atoms with Crippen LogP contribution >= 0.6 is 15.9 Å². The van der Waals surface area contributed by atoms with Gasteiger partial charge in [0.05, 0.1) is 12.5 Å². The van der Waals surface area contributed by atoms with Crippen LogP contribution in [0.15, 0.2) is 34.2 Å². The van der Waals surface area contributed by atoms with E-state index in [0.717, 1.165) is 29.6 Å². The summed E-state index contributed by atoms with van der Waals surface area (Å²) in [7, 11) is 0. The number of fused-ring (bicyclic) bond motifs is 1. The van der Waals surface area contributed by atoms with Crippen molar-refractivity contribution in [3.63, 3.8) is 0 Å². The highest BCUT2D eigenvalue weighted by molar-refractivity contribution is 9.09. The molecule has 2 heterocycles. The summed E-state index contributed by atoms with van der Waals surface area (Å²) < 4.78 is 10.7. The fourth-order valence-corrected chi connectivity index (χ4v) is 3.65. The van der Waals surface area contributed by atoms with Gasteiger partial charge in [-0.25, -0.2) is 4.79 Å². The lowest BCUT2D eigenvalue weighted by Gasteiger charge is -2.35. The summed E-state index contributed by atoms with van der Waals surface area (Å²) >= 11 is 3.63. The third kappa shape index (κ3) is 1.51. The minimum absolute atomic E-state index is 0.176. The zero-order chi connectivity index (χ0) is 12.9. The fraction of sp³-hybridized carbons (Fsp3) is 0.500. The molecule has 96 valence electrons. The quantitative estimate of drug-likeness (QED) is 0.585. The summed E-state index contributed by atoms with van der Waals surface area (Å²) in [5, 5.41) is 0. The molecular formula is C14H15BrO3. The number of esters is 1. The van der Waals surface area contributed by atoms with Crippen LogP contribution in [0.25, 0.3) is 0 Å². The number of carbonyl (C=O) groups excluding carboxylic acids is 1. The van der Waals surface area contributed by atoms with E-state index in [9.17, 15) is 4.79 Å². The van der Waals surface area contributed by atoms with E-state index in [4.69, 9.17) is 9.15 Å². The van der Waals surface area contributed by atoms with Crippen molar-refractivity contribution in [1.82, 2.24) is 0 Å². The Bertz CT molecular complexity index is 517. The number of alkyl halides is 1. The molecule has 18 heavy (non-hydrogen) atoms. The van der Waals surface area contributed by atoms with E-state index in [0.29, 0.717) is 0 Å². The van der Waals surface area contributed by atoms with Gasteiger partial charge in [0, 0.05) is 21.4 Å². The third-order valence-electron chi connectivity index (χ3n) is 4.21. The van der Waals surface area contributed by atoms with Crippen LogP contribution in [-0.4, -0.2) is 10.8 Å². The first-order valence-corrected chi connectivity index (χ1v) is 7.04. The van der Waals surface area contributed by atoms with Gasteiger partial charge in [-0.2, -0.15) is 0 Å². The lowest BCUT2D eigenvalue weighted by Crippen LogP contribution is -2.30. The monoisotopic (exact) mass is 310 g/mol. The number of hydrogen-bond acceptors (Lipinski definition) is 3. The highest BCUT2D eigenvalue weighted by atomic mass is 79.9. The van der Waals surface area contributed by atoms with Gasteiger partial charge < -0.3 is 9.15 Å². The predicted molar refractivity (Wildman–Crippen MR) is 70.3 cm³/mol.